The van der Waals surface area contributed by atoms with E-state index >= 15 is 0 Å². The Kier molecular flexibility index (Phi) is 6.38. The van der Waals surface area contributed by atoms with Crippen molar-refractivity contribution in [1.82, 2.24) is 9.21 Å². The van der Waals surface area contributed by atoms with E-state index in [9.17, 15) is 8.42 Å². The minimum Gasteiger partial charge on any atom is -0.297 e. The van der Waals surface area contributed by atoms with Gasteiger partial charge in [0.2, 0.25) is 10.0 Å². The van der Waals surface area contributed by atoms with E-state index in [0.717, 1.165) is 25.2 Å². The van der Waals surface area contributed by atoms with Crippen molar-refractivity contribution in [3.05, 3.63) is 71.8 Å². The molecule has 150 valence electrons. The third-order valence-corrected chi connectivity index (χ3v) is 7.08. The molecule has 1 aliphatic heterocycles. The van der Waals surface area contributed by atoms with Crippen LogP contribution in [0.25, 0.3) is 6.08 Å². The molecule has 0 amide bonds. The zero-order valence-corrected chi connectivity index (χ0v) is 17.8. The molecule has 0 N–H and O–H groups in total. The smallest absolute Gasteiger partial charge is 0.243 e. The molecule has 3 rings (SSSR count). The fourth-order valence-corrected chi connectivity index (χ4v) is 4.75. The lowest BCUT2D eigenvalue weighted by Gasteiger charge is -2.33. The van der Waals surface area contributed by atoms with Gasteiger partial charge in [0.05, 0.1) is 4.90 Å². The molecule has 0 unspecified atom stereocenters. The van der Waals surface area contributed by atoms with Crippen LogP contribution < -0.4 is 0 Å². The van der Waals surface area contributed by atoms with Crippen molar-refractivity contribution < 1.29 is 8.42 Å². The molecule has 4 nitrogen and oxygen atoms in total. The molecule has 0 atom stereocenters. The Morgan fingerprint density at radius 1 is 0.893 bits per heavy atom. The summed E-state index contributed by atoms with van der Waals surface area (Å²) in [7, 11) is -3.42. The van der Waals surface area contributed by atoms with Crippen molar-refractivity contribution in [2.45, 2.75) is 31.1 Å². The average molecular weight is 399 g/mol. The summed E-state index contributed by atoms with van der Waals surface area (Å²) >= 11 is 0. The van der Waals surface area contributed by atoms with Gasteiger partial charge in [0, 0.05) is 32.7 Å². The molecule has 1 aliphatic rings. The van der Waals surface area contributed by atoms with Crippen LogP contribution in [0.15, 0.2) is 65.6 Å². The van der Waals surface area contributed by atoms with E-state index in [2.05, 4.69) is 50.0 Å². The topological polar surface area (TPSA) is 40.6 Å². The lowest BCUT2D eigenvalue weighted by atomic mass is 9.87. The van der Waals surface area contributed by atoms with Crippen molar-refractivity contribution in [3.8, 4) is 0 Å². The Morgan fingerprint density at radius 3 is 2.07 bits per heavy atom. The van der Waals surface area contributed by atoms with Crippen LogP contribution in [0.5, 0.6) is 0 Å². The standard InChI is InChI=1S/C23H30N2O2S/c1-23(2,3)21-11-13-22(14-12-21)28(26,27)25-18-16-24(17-19-25)15-7-10-20-8-5-4-6-9-20/h4-14H,15-19H2,1-3H3. The Bertz CT molecular complexity index is 890. The first-order valence-corrected chi connectivity index (χ1v) is 11.3. The molecular formula is C23H30N2O2S. The zero-order valence-electron chi connectivity index (χ0n) is 17.0. The van der Waals surface area contributed by atoms with E-state index in [4.69, 9.17) is 0 Å². The van der Waals surface area contributed by atoms with Crippen LogP contribution in [0.4, 0.5) is 0 Å². The van der Waals surface area contributed by atoms with Gasteiger partial charge in [-0.2, -0.15) is 4.31 Å². The largest absolute Gasteiger partial charge is 0.297 e. The lowest BCUT2D eigenvalue weighted by molar-refractivity contribution is 0.204. The van der Waals surface area contributed by atoms with Crippen LogP contribution in [0.1, 0.15) is 31.9 Å². The number of sulfonamides is 1. The Balaban J connectivity index is 1.57. The summed E-state index contributed by atoms with van der Waals surface area (Å²) in [6.45, 7) is 9.77. The number of hydrogen-bond acceptors (Lipinski definition) is 3. The molecule has 2 aromatic rings. The van der Waals surface area contributed by atoms with E-state index in [0.29, 0.717) is 18.0 Å². The summed E-state index contributed by atoms with van der Waals surface area (Å²) in [4.78, 5) is 2.67. The molecule has 28 heavy (non-hydrogen) atoms. The molecule has 0 aliphatic carbocycles. The number of piperazine rings is 1. The Morgan fingerprint density at radius 2 is 1.50 bits per heavy atom. The highest BCUT2D eigenvalue weighted by Gasteiger charge is 2.28. The van der Waals surface area contributed by atoms with Crippen LogP contribution in [-0.2, 0) is 15.4 Å². The van der Waals surface area contributed by atoms with Crippen molar-refractivity contribution in [1.29, 1.82) is 0 Å². The molecule has 1 fully saturated rings. The van der Waals surface area contributed by atoms with Crippen LogP contribution >= 0.6 is 0 Å². The van der Waals surface area contributed by atoms with Crippen molar-refractivity contribution in [2.24, 2.45) is 0 Å². The predicted octanol–water partition coefficient (Wildman–Crippen LogP) is 4.00. The minimum absolute atomic E-state index is 0.0151. The predicted molar refractivity (Wildman–Crippen MR) is 116 cm³/mol. The van der Waals surface area contributed by atoms with Gasteiger partial charge in [0.15, 0.2) is 0 Å². The summed E-state index contributed by atoms with van der Waals surface area (Å²) in [6.07, 6.45) is 4.25. The van der Waals surface area contributed by atoms with Gasteiger partial charge in [0.25, 0.3) is 0 Å². The molecule has 1 saturated heterocycles. The second-order valence-electron chi connectivity index (χ2n) is 8.29. The third-order valence-electron chi connectivity index (χ3n) is 5.16. The van der Waals surface area contributed by atoms with E-state index in [-0.39, 0.29) is 5.41 Å². The quantitative estimate of drug-likeness (QED) is 0.764. The monoisotopic (exact) mass is 398 g/mol. The molecule has 0 radical (unpaired) electrons. The van der Waals surface area contributed by atoms with Crippen LogP contribution in [-0.4, -0.2) is 50.3 Å². The normalized spacial score (nSPS) is 17.2. The molecule has 0 spiro atoms. The molecule has 5 heteroatoms. The van der Waals surface area contributed by atoms with Crippen molar-refractivity contribution in [3.63, 3.8) is 0 Å². The van der Waals surface area contributed by atoms with E-state index in [1.807, 2.05) is 30.3 Å². The van der Waals surface area contributed by atoms with Gasteiger partial charge in [0.1, 0.15) is 0 Å². The first-order valence-electron chi connectivity index (χ1n) is 9.81. The lowest BCUT2D eigenvalue weighted by Crippen LogP contribution is -2.48. The maximum Gasteiger partial charge on any atom is 0.243 e. The average Bonchev–Trinajstić information content (AvgIpc) is 2.69. The Labute approximate surface area is 169 Å². The number of hydrogen-bond donors (Lipinski definition) is 0. The third kappa shape index (κ3) is 5.10. The second-order valence-corrected chi connectivity index (χ2v) is 10.2. The summed E-state index contributed by atoms with van der Waals surface area (Å²) in [5.74, 6) is 0. The second kappa shape index (κ2) is 8.60. The molecular weight excluding hydrogens is 368 g/mol. The molecule has 2 aromatic carbocycles. The van der Waals surface area contributed by atoms with Gasteiger partial charge >= 0.3 is 0 Å². The first kappa shape index (κ1) is 20.8. The maximum atomic E-state index is 12.9. The van der Waals surface area contributed by atoms with Crippen molar-refractivity contribution in [2.75, 3.05) is 32.7 Å². The fourth-order valence-electron chi connectivity index (χ4n) is 3.33. The maximum absolute atomic E-state index is 12.9. The van der Waals surface area contributed by atoms with Gasteiger partial charge in [-0.1, -0.05) is 75.4 Å². The van der Waals surface area contributed by atoms with Crippen LogP contribution in [0.3, 0.4) is 0 Å². The highest BCUT2D eigenvalue weighted by atomic mass is 32.2. The van der Waals surface area contributed by atoms with Crippen molar-refractivity contribution >= 4 is 16.1 Å². The first-order chi connectivity index (χ1) is 13.3. The van der Waals surface area contributed by atoms with Gasteiger partial charge in [-0.15, -0.1) is 0 Å². The highest BCUT2D eigenvalue weighted by Crippen LogP contribution is 2.25. The molecule has 1 heterocycles. The summed E-state index contributed by atoms with van der Waals surface area (Å²) in [5.41, 5.74) is 2.34. The van der Waals surface area contributed by atoms with E-state index in [1.54, 1.807) is 16.4 Å². The summed E-state index contributed by atoms with van der Waals surface area (Å²) in [5, 5.41) is 0. The van der Waals surface area contributed by atoms with Gasteiger partial charge in [-0.3, -0.25) is 4.90 Å². The van der Waals surface area contributed by atoms with Crippen LogP contribution in [0, 0.1) is 0 Å². The number of benzene rings is 2. The number of nitrogens with zero attached hydrogens (tertiary/aromatic N) is 2. The molecule has 0 saturated carbocycles. The van der Waals surface area contributed by atoms with E-state index < -0.39 is 10.0 Å². The Hall–Kier alpha value is -1.95. The molecule has 0 bridgehead atoms. The van der Waals surface area contributed by atoms with Gasteiger partial charge < -0.3 is 0 Å². The fraction of sp³-hybridized carbons (Fsp3) is 0.391. The van der Waals surface area contributed by atoms with Gasteiger partial charge in [-0.25, -0.2) is 8.42 Å². The zero-order chi connectivity index (χ0) is 20.2. The SMILES string of the molecule is CC(C)(C)c1ccc(S(=O)(=O)N2CCN(CC=Cc3ccccc3)CC2)cc1. The van der Waals surface area contributed by atoms with Gasteiger partial charge in [-0.05, 0) is 28.7 Å². The van der Waals surface area contributed by atoms with E-state index in [1.165, 1.54) is 5.56 Å². The number of rotatable bonds is 5. The summed E-state index contributed by atoms with van der Waals surface area (Å²) in [6, 6.07) is 17.5. The molecule has 0 aromatic heterocycles. The van der Waals surface area contributed by atoms with Crippen LogP contribution in [0.2, 0.25) is 0 Å². The summed E-state index contributed by atoms with van der Waals surface area (Å²) < 4.78 is 27.5. The minimum atomic E-state index is -3.42. The highest BCUT2D eigenvalue weighted by molar-refractivity contribution is 7.89.